The first-order valence-electron chi connectivity index (χ1n) is 5.65. The van der Waals surface area contributed by atoms with Gasteiger partial charge < -0.3 is 10.1 Å². The van der Waals surface area contributed by atoms with E-state index in [1.807, 2.05) is 32.5 Å². The van der Waals surface area contributed by atoms with E-state index in [0.29, 0.717) is 0 Å². The lowest BCUT2D eigenvalue weighted by Gasteiger charge is -2.26. The number of carbonyl (C=O) groups is 1. The predicted octanol–water partition coefficient (Wildman–Crippen LogP) is 3.81. The van der Waals surface area contributed by atoms with Gasteiger partial charge in [0.25, 0.3) is 0 Å². The van der Waals surface area contributed by atoms with Crippen molar-refractivity contribution >= 4 is 29.2 Å². The summed E-state index contributed by atoms with van der Waals surface area (Å²) in [4.78, 5) is 11.7. The Hall–Kier alpha value is -0.680. The van der Waals surface area contributed by atoms with Crippen molar-refractivity contribution in [1.82, 2.24) is 5.32 Å². The number of hydrogen-bond acceptors (Lipinski definition) is 4. The monoisotopic (exact) mass is 271 g/mol. The molecule has 94 valence electrons. The first-order chi connectivity index (χ1) is 7.96. The number of alkyl carbamates (subject to hydrolysis) is 1. The second-order valence-corrected chi connectivity index (χ2v) is 7.28. The largest absolute Gasteiger partial charge is 0.444 e. The summed E-state index contributed by atoms with van der Waals surface area (Å²) in [6, 6.07) is 2.20. The number of fused-ring (bicyclic) bond motifs is 1. The number of ether oxygens (including phenoxy) is 1. The summed E-state index contributed by atoms with van der Waals surface area (Å²) in [6.45, 7) is 5.62. The summed E-state index contributed by atoms with van der Waals surface area (Å²) in [5.74, 6) is 1.05. The van der Waals surface area contributed by atoms with Crippen molar-refractivity contribution in [1.29, 1.82) is 0 Å². The highest BCUT2D eigenvalue weighted by Crippen LogP contribution is 2.39. The van der Waals surface area contributed by atoms with E-state index in [4.69, 9.17) is 4.74 Å². The van der Waals surface area contributed by atoms with E-state index in [-0.39, 0.29) is 12.1 Å². The van der Waals surface area contributed by atoms with Gasteiger partial charge in [-0.05, 0) is 44.2 Å². The smallest absolute Gasteiger partial charge is 0.408 e. The Morgan fingerprint density at radius 1 is 1.53 bits per heavy atom. The Morgan fingerprint density at radius 2 is 2.29 bits per heavy atom. The molecule has 0 spiro atoms. The zero-order chi connectivity index (χ0) is 12.5. The Morgan fingerprint density at radius 3 is 3.00 bits per heavy atom. The van der Waals surface area contributed by atoms with Gasteiger partial charge in [-0.3, -0.25) is 0 Å². The SMILES string of the molecule is CC(C)(C)OC(=O)NC1CCSc2sccc21. The zero-order valence-electron chi connectivity index (χ0n) is 10.3. The van der Waals surface area contributed by atoms with Crippen molar-refractivity contribution in [3.05, 3.63) is 17.0 Å². The molecule has 1 aromatic heterocycles. The average Bonchev–Trinajstić information content (AvgIpc) is 2.63. The minimum atomic E-state index is -0.440. The van der Waals surface area contributed by atoms with Gasteiger partial charge in [-0.25, -0.2) is 4.79 Å². The highest BCUT2D eigenvalue weighted by molar-refractivity contribution is 8.01. The first kappa shape index (κ1) is 12.8. The summed E-state index contributed by atoms with van der Waals surface area (Å²) in [5, 5.41) is 5.03. The van der Waals surface area contributed by atoms with E-state index < -0.39 is 5.60 Å². The predicted molar refractivity (Wildman–Crippen MR) is 71.8 cm³/mol. The van der Waals surface area contributed by atoms with Crippen LogP contribution in [0.5, 0.6) is 0 Å². The quantitative estimate of drug-likeness (QED) is 0.844. The van der Waals surface area contributed by atoms with E-state index in [0.717, 1.165) is 12.2 Å². The third-order valence-electron chi connectivity index (χ3n) is 2.36. The van der Waals surface area contributed by atoms with Crippen molar-refractivity contribution in [3.8, 4) is 0 Å². The second-order valence-electron chi connectivity index (χ2n) is 5.00. The van der Waals surface area contributed by atoms with Gasteiger partial charge in [0.1, 0.15) is 5.60 Å². The number of amides is 1. The number of nitrogens with one attached hydrogen (secondary N) is 1. The Bertz CT molecular complexity index is 409. The molecule has 0 radical (unpaired) electrons. The molecule has 17 heavy (non-hydrogen) atoms. The molecule has 0 aliphatic carbocycles. The molecule has 1 aliphatic rings. The van der Waals surface area contributed by atoms with Gasteiger partial charge in [0.2, 0.25) is 0 Å². The van der Waals surface area contributed by atoms with E-state index in [9.17, 15) is 4.79 Å². The fourth-order valence-corrected chi connectivity index (χ4v) is 4.00. The fourth-order valence-electron chi connectivity index (χ4n) is 1.71. The third-order valence-corrected chi connectivity index (χ3v) is 4.67. The van der Waals surface area contributed by atoms with E-state index >= 15 is 0 Å². The molecule has 0 saturated heterocycles. The molecule has 3 nitrogen and oxygen atoms in total. The zero-order valence-corrected chi connectivity index (χ0v) is 11.9. The summed E-state index contributed by atoms with van der Waals surface area (Å²) in [7, 11) is 0. The van der Waals surface area contributed by atoms with Crippen LogP contribution in [0.4, 0.5) is 4.79 Å². The van der Waals surface area contributed by atoms with Gasteiger partial charge in [0, 0.05) is 5.75 Å². The molecule has 5 heteroatoms. The van der Waals surface area contributed by atoms with Crippen LogP contribution in [-0.2, 0) is 4.74 Å². The van der Waals surface area contributed by atoms with Crippen molar-refractivity contribution in [2.24, 2.45) is 0 Å². The highest BCUT2D eigenvalue weighted by atomic mass is 32.2. The van der Waals surface area contributed by atoms with E-state index in [2.05, 4.69) is 16.8 Å². The maximum absolute atomic E-state index is 11.7. The number of carbonyl (C=O) groups excluding carboxylic acids is 1. The van der Waals surface area contributed by atoms with Crippen LogP contribution in [0.3, 0.4) is 0 Å². The molecule has 2 heterocycles. The summed E-state index contributed by atoms with van der Waals surface area (Å²) in [5.41, 5.74) is 0.794. The lowest BCUT2D eigenvalue weighted by atomic mass is 10.1. The van der Waals surface area contributed by atoms with Crippen LogP contribution < -0.4 is 5.32 Å². The van der Waals surface area contributed by atoms with Crippen LogP contribution in [0.15, 0.2) is 15.7 Å². The van der Waals surface area contributed by atoms with Gasteiger partial charge >= 0.3 is 6.09 Å². The number of rotatable bonds is 1. The van der Waals surface area contributed by atoms with Crippen LogP contribution in [-0.4, -0.2) is 17.4 Å². The Kier molecular flexibility index (Phi) is 3.68. The summed E-state index contributed by atoms with van der Waals surface area (Å²) >= 11 is 3.61. The van der Waals surface area contributed by atoms with Gasteiger partial charge in [-0.1, -0.05) is 0 Å². The topological polar surface area (TPSA) is 38.3 Å². The molecule has 0 bridgehead atoms. The molecule has 1 aromatic rings. The minimum absolute atomic E-state index is 0.104. The van der Waals surface area contributed by atoms with Gasteiger partial charge in [-0.2, -0.15) is 0 Å². The van der Waals surface area contributed by atoms with E-state index in [1.54, 1.807) is 11.3 Å². The van der Waals surface area contributed by atoms with Gasteiger partial charge in [-0.15, -0.1) is 23.1 Å². The fraction of sp³-hybridized carbons (Fsp3) is 0.583. The lowest BCUT2D eigenvalue weighted by molar-refractivity contribution is 0.0501. The molecular weight excluding hydrogens is 254 g/mol. The summed E-state index contributed by atoms with van der Waals surface area (Å²) < 4.78 is 6.60. The molecule has 0 aromatic carbocycles. The minimum Gasteiger partial charge on any atom is -0.444 e. The summed E-state index contributed by atoms with van der Waals surface area (Å²) in [6.07, 6.45) is 0.639. The van der Waals surface area contributed by atoms with Crippen LogP contribution in [0.1, 0.15) is 38.8 Å². The Balaban J connectivity index is 2.00. The molecule has 1 aliphatic heterocycles. The maximum Gasteiger partial charge on any atom is 0.408 e. The molecule has 1 unspecified atom stereocenters. The first-order valence-corrected chi connectivity index (χ1v) is 7.52. The van der Waals surface area contributed by atoms with Crippen LogP contribution in [0.2, 0.25) is 0 Å². The standard InChI is InChI=1S/C12H17NO2S2/c1-12(2,3)15-11(14)13-9-5-7-17-10-8(9)4-6-16-10/h4,6,9H,5,7H2,1-3H3,(H,13,14). The number of hydrogen-bond donors (Lipinski definition) is 1. The van der Waals surface area contributed by atoms with Crippen molar-refractivity contribution < 1.29 is 9.53 Å². The molecule has 0 saturated carbocycles. The number of thiophene rings is 1. The lowest BCUT2D eigenvalue weighted by Crippen LogP contribution is -2.35. The average molecular weight is 271 g/mol. The van der Waals surface area contributed by atoms with Crippen molar-refractivity contribution in [2.75, 3.05) is 5.75 Å². The molecule has 1 amide bonds. The molecular formula is C12H17NO2S2. The Labute approximate surface area is 110 Å². The molecule has 2 rings (SSSR count). The van der Waals surface area contributed by atoms with Crippen LogP contribution >= 0.6 is 23.1 Å². The van der Waals surface area contributed by atoms with Crippen molar-refractivity contribution in [3.63, 3.8) is 0 Å². The molecule has 0 fully saturated rings. The van der Waals surface area contributed by atoms with Gasteiger partial charge in [0.15, 0.2) is 0 Å². The van der Waals surface area contributed by atoms with Crippen LogP contribution in [0.25, 0.3) is 0 Å². The molecule has 1 atom stereocenters. The second kappa shape index (κ2) is 4.90. The highest BCUT2D eigenvalue weighted by Gasteiger charge is 2.25. The maximum atomic E-state index is 11.7. The normalized spacial score (nSPS) is 19.6. The van der Waals surface area contributed by atoms with Crippen LogP contribution in [0, 0.1) is 0 Å². The van der Waals surface area contributed by atoms with Gasteiger partial charge in [0.05, 0.1) is 10.3 Å². The molecule has 1 N–H and O–H groups in total. The van der Waals surface area contributed by atoms with Crippen molar-refractivity contribution in [2.45, 2.75) is 43.0 Å². The van der Waals surface area contributed by atoms with E-state index in [1.165, 1.54) is 9.77 Å². The third kappa shape index (κ3) is 3.39. The number of thioether (sulfide) groups is 1.